The van der Waals surface area contributed by atoms with Gasteiger partial charge in [0.05, 0.1) is 6.61 Å². The van der Waals surface area contributed by atoms with Crippen molar-refractivity contribution < 1.29 is 4.74 Å². The molecule has 2 unspecified atom stereocenters. The number of aryl methyl sites for hydroxylation is 1. The molecular weight excluding hydrogens is 252 g/mol. The van der Waals surface area contributed by atoms with Crippen LogP contribution in [0.5, 0.6) is 5.88 Å². The molecule has 0 aliphatic carbocycles. The summed E-state index contributed by atoms with van der Waals surface area (Å²) < 4.78 is 5.49. The third kappa shape index (κ3) is 3.03. The van der Waals surface area contributed by atoms with Crippen LogP contribution in [-0.4, -0.2) is 46.6 Å². The van der Waals surface area contributed by atoms with Crippen LogP contribution in [0.3, 0.4) is 0 Å². The fourth-order valence-electron chi connectivity index (χ4n) is 3.36. The zero-order valence-corrected chi connectivity index (χ0v) is 12.4. The molecule has 2 atom stereocenters. The number of anilines is 1. The summed E-state index contributed by atoms with van der Waals surface area (Å²) in [5, 5.41) is 3.50. The van der Waals surface area contributed by atoms with E-state index >= 15 is 0 Å². The second-order valence-electron chi connectivity index (χ2n) is 5.80. The molecule has 2 aliphatic rings. The lowest BCUT2D eigenvalue weighted by Gasteiger charge is -2.35. The highest BCUT2D eigenvalue weighted by Gasteiger charge is 2.31. The SMILES string of the molecule is CCOc1cc(C)nc(NC2CCN3CCCC3C2)n1. The van der Waals surface area contributed by atoms with E-state index in [9.17, 15) is 0 Å². The maximum Gasteiger partial charge on any atom is 0.226 e. The highest BCUT2D eigenvalue weighted by molar-refractivity contribution is 5.32. The molecule has 0 radical (unpaired) electrons. The molecule has 1 aromatic rings. The summed E-state index contributed by atoms with van der Waals surface area (Å²) in [4.78, 5) is 11.6. The lowest BCUT2D eigenvalue weighted by molar-refractivity contribution is 0.187. The Labute approximate surface area is 120 Å². The zero-order valence-electron chi connectivity index (χ0n) is 12.4. The van der Waals surface area contributed by atoms with E-state index in [4.69, 9.17) is 4.74 Å². The van der Waals surface area contributed by atoms with Crippen LogP contribution in [0.15, 0.2) is 6.07 Å². The molecule has 1 N–H and O–H groups in total. The van der Waals surface area contributed by atoms with Crippen molar-refractivity contribution in [3.8, 4) is 5.88 Å². The van der Waals surface area contributed by atoms with Gasteiger partial charge in [0.2, 0.25) is 11.8 Å². The second-order valence-corrected chi connectivity index (χ2v) is 5.80. The van der Waals surface area contributed by atoms with Crippen molar-refractivity contribution in [2.24, 2.45) is 0 Å². The molecule has 0 aromatic carbocycles. The molecule has 0 bridgehead atoms. The molecule has 5 nitrogen and oxygen atoms in total. The van der Waals surface area contributed by atoms with Gasteiger partial charge in [-0.25, -0.2) is 4.98 Å². The van der Waals surface area contributed by atoms with E-state index in [0.29, 0.717) is 24.5 Å². The maximum absolute atomic E-state index is 5.49. The number of nitrogens with one attached hydrogen (secondary N) is 1. The van der Waals surface area contributed by atoms with Gasteiger partial charge in [0.15, 0.2) is 0 Å². The number of aromatic nitrogens is 2. The van der Waals surface area contributed by atoms with E-state index in [1.54, 1.807) is 0 Å². The number of nitrogens with zero attached hydrogens (tertiary/aromatic N) is 3. The summed E-state index contributed by atoms with van der Waals surface area (Å²) in [5.41, 5.74) is 0.948. The third-order valence-corrected chi connectivity index (χ3v) is 4.28. The number of hydrogen-bond acceptors (Lipinski definition) is 5. The van der Waals surface area contributed by atoms with Gasteiger partial charge in [0, 0.05) is 30.4 Å². The number of piperidine rings is 1. The molecular formula is C15H24N4O. The first-order valence-electron chi connectivity index (χ1n) is 7.73. The van der Waals surface area contributed by atoms with Crippen LogP contribution in [0.2, 0.25) is 0 Å². The molecule has 0 spiro atoms. The Hall–Kier alpha value is -1.36. The van der Waals surface area contributed by atoms with E-state index in [-0.39, 0.29) is 0 Å². The van der Waals surface area contributed by atoms with Gasteiger partial charge in [0.1, 0.15) is 0 Å². The zero-order chi connectivity index (χ0) is 13.9. The molecule has 2 fully saturated rings. The second kappa shape index (κ2) is 5.95. The van der Waals surface area contributed by atoms with Gasteiger partial charge in [0.25, 0.3) is 0 Å². The van der Waals surface area contributed by atoms with Crippen molar-refractivity contribution in [3.05, 3.63) is 11.8 Å². The molecule has 5 heteroatoms. The van der Waals surface area contributed by atoms with Crippen LogP contribution in [0.4, 0.5) is 5.95 Å². The molecule has 3 rings (SSSR count). The minimum absolute atomic E-state index is 0.491. The molecule has 110 valence electrons. The first-order valence-corrected chi connectivity index (χ1v) is 7.73. The number of hydrogen-bond donors (Lipinski definition) is 1. The van der Waals surface area contributed by atoms with E-state index in [0.717, 1.165) is 11.7 Å². The Balaban J connectivity index is 1.65. The van der Waals surface area contributed by atoms with Gasteiger partial charge < -0.3 is 15.0 Å². The topological polar surface area (TPSA) is 50.3 Å². The first-order chi connectivity index (χ1) is 9.74. The normalized spacial score (nSPS) is 26.3. The largest absolute Gasteiger partial charge is 0.478 e. The van der Waals surface area contributed by atoms with E-state index in [1.165, 1.54) is 38.8 Å². The lowest BCUT2D eigenvalue weighted by atomic mass is 9.98. The summed E-state index contributed by atoms with van der Waals surface area (Å²) in [6.07, 6.45) is 5.09. The molecule has 1 aromatic heterocycles. The highest BCUT2D eigenvalue weighted by Crippen LogP contribution is 2.28. The van der Waals surface area contributed by atoms with Crippen LogP contribution < -0.4 is 10.1 Å². The van der Waals surface area contributed by atoms with Gasteiger partial charge >= 0.3 is 0 Å². The molecule has 0 amide bonds. The summed E-state index contributed by atoms with van der Waals surface area (Å²) in [7, 11) is 0. The summed E-state index contributed by atoms with van der Waals surface area (Å²) >= 11 is 0. The predicted octanol–water partition coefficient (Wildman–Crippen LogP) is 2.22. The molecule has 2 aliphatic heterocycles. The number of ether oxygens (including phenoxy) is 1. The quantitative estimate of drug-likeness (QED) is 0.914. The van der Waals surface area contributed by atoms with Crippen molar-refractivity contribution in [3.63, 3.8) is 0 Å². The summed E-state index contributed by atoms with van der Waals surface area (Å²) in [6, 6.07) is 3.14. The van der Waals surface area contributed by atoms with Crippen molar-refractivity contribution in [2.75, 3.05) is 25.0 Å². The Morgan fingerprint density at radius 3 is 3.10 bits per heavy atom. The van der Waals surface area contributed by atoms with Crippen molar-refractivity contribution in [1.82, 2.24) is 14.9 Å². The van der Waals surface area contributed by atoms with E-state index < -0.39 is 0 Å². The average molecular weight is 276 g/mol. The van der Waals surface area contributed by atoms with Gasteiger partial charge in [-0.3, -0.25) is 0 Å². The standard InChI is InChI=1S/C15H24N4O/c1-3-20-14-9-11(2)16-15(18-14)17-12-6-8-19-7-4-5-13(19)10-12/h9,12-13H,3-8,10H2,1-2H3,(H,16,17,18). The third-order valence-electron chi connectivity index (χ3n) is 4.28. The minimum atomic E-state index is 0.491. The van der Waals surface area contributed by atoms with E-state index in [2.05, 4.69) is 20.2 Å². The summed E-state index contributed by atoms with van der Waals surface area (Å²) in [5.74, 6) is 1.38. The molecule has 20 heavy (non-hydrogen) atoms. The van der Waals surface area contributed by atoms with Crippen LogP contribution >= 0.6 is 0 Å². The maximum atomic E-state index is 5.49. The fraction of sp³-hybridized carbons (Fsp3) is 0.733. The first kappa shape index (κ1) is 13.6. The smallest absolute Gasteiger partial charge is 0.226 e. The fourth-order valence-corrected chi connectivity index (χ4v) is 3.36. The monoisotopic (exact) mass is 276 g/mol. The van der Waals surface area contributed by atoms with Crippen LogP contribution in [0, 0.1) is 6.92 Å². The van der Waals surface area contributed by atoms with Gasteiger partial charge in [-0.15, -0.1) is 0 Å². The number of rotatable bonds is 4. The highest BCUT2D eigenvalue weighted by atomic mass is 16.5. The Morgan fingerprint density at radius 2 is 2.25 bits per heavy atom. The molecule has 3 heterocycles. The van der Waals surface area contributed by atoms with Gasteiger partial charge in [-0.05, 0) is 46.1 Å². The number of fused-ring (bicyclic) bond motifs is 1. The van der Waals surface area contributed by atoms with Gasteiger partial charge in [-0.2, -0.15) is 4.98 Å². The summed E-state index contributed by atoms with van der Waals surface area (Å²) in [6.45, 7) is 7.07. The van der Waals surface area contributed by atoms with Crippen LogP contribution in [0.1, 0.15) is 38.3 Å². The molecule has 2 saturated heterocycles. The molecule has 0 saturated carbocycles. The van der Waals surface area contributed by atoms with Crippen molar-refractivity contribution in [2.45, 2.75) is 51.6 Å². The lowest BCUT2D eigenvalue weighted by Crippen LogP contribution is -2.43. The minimum Gasteiger partial charge on any atom is -0.478 e. The van der Waals surface area contributed by atoms with Crippen LogP contribution in [0.25, 0.3) is 0 Å². The Morgan fingerprint density at radius 1 is 1.35 bits per heavy atom. The van der Waals surface area contributed by atoms with Crippen LogP contribution in [-0.2, 0) is 0 Å². The Kier molecular flexibility index (Phi) is 4.05. The van der Waals surface area contributed by atoms with Crippen molar-refractivity contribution >= 4 is 5.95 Å². The Bertz CT molecular complexity index is 465. The van der Waals surface area contributed by atoms with Gasteiger partial charge in [-0.1, -0.05) is 0 Å². The average Bonchev–Trinajstić information content (AvgIpc) is 2.85. The van der Waals surface area contributed by atoms with E-state index in [1.807, 2.05) is 19.9 Å². The predicted molar refractivity (Wildman–Crippen MR) is 79.2 cm³/mol. The van der Waals surface area contributed by atoms with Crippen molar-refractivity contribution in [1.29, 1.82) is 0 Å².